The first-order valence-electron chi connectivity index (χ1n) is 6.00. The molecule has 2 aromatic rings. The number of carboxylic acid groups (broad SMARTS) is 1. The fraction of sp³-hybridized carbons (Fsp3) is 0.214. The normalized spacial score (nSPS) is 10.2. The van der Waals surface area contributed by atoms with Crippen LogP contribution in [0.25, 0.3) is 0 Å². The summed E-state index contributed by atoms with van der Waals surface area (Å²) in [6.07, 6.45) is 4.34. The van der Waals surface area contributed by atoms with Gasteiger partial charge in [-0.25, -0.2) is 9.78 Å². The van der Waals surface area contributed by atoms with E-state index in [0.717, 1.165) is 6.42 Å². The molecule has 2 rings (SSSR count). The molecule has 0 aliphatic carbocycles. The van der Waals surface area contributed by atoms with E-state index in [1.807, 2.05) is 12.1 Å². The lowest BCUT2D eigenvalue weighted by Gasteiger charge is -2.07. The molecule has 5 nitrogen and oxygen atoms in total. The molecule has 0 saturated carbocycles. The van der Waals surface area contributed by atoms with Gasteiger partial charge < -0.3 is 10.4 Å². The van der Waals surface area contributed by atoms with Gasteiger partial charge in [0.1, 0.15) is 5.82 Å². The number of carboxylic acids is 1. The van der Waals surface area contributed by atoms with Crippen molar-refractivity contribution >= 4 is 11.8 Å². The molecule has 0 aliphatic rings. The van der Waals surface area contributed by atoms with E-state index in [2.05, 4.69) is 15.3 Å². The fourth-order valence-corrected chi connectivity index (χ4v) is 1.77. The van der Waals surface area contributed by atoms with Gasteiger partial charge in [0, 0.05) is 24.6 Å². The summed E-state index contributed by atoms with van der Waals surface area (Å²) in [6, 6.07) is 7.00. The molecule has 2 heterocycles. The second-order valence-corrected chi connectivity index (χ2v) is 4.22. The van der Waals surface area contributed by atoms with Crippen molar-refractivity contribution in [2.45, 2.75) is 13.3 Å². The predicted octanol–water partition coefficient (Wildman–Crippen LogP) is 2.14. The molecule has 0 aliphatic heterocycles. The molecule has 0 aromatic carbocycles. The highest BCUT2D eigenvalue weighted by molar-refractivity contribution is 5.88. The number of pyridine rings is 2. The number of rotatable bonds is 5. The van der Waals surface area contributed by atoms with E-state index >= 15 is 0 Å². The maximum Gasteiger partial charge on any atom is 0.335 e. The molecule has 2 N–H and O–H groups in total. The molecule has 19 heavy (non-hydrogen) atoms. The Kier molecular flexibility index (Phi) is 4.07. The van der Waals surface area contributed by atoms with Crippen LogP contribution in [-0.2, 0) is 6.42 Å². The molecule has 98 valence electrons. The number of nitrogens with one attached hydrogen (secondary N) is 1. The van der Waals surface area contributed by atoms with Crippen molar-refractivity contribution in [2.24, 2.45) is 0 Å². The Hall–Kier alpha value is -2.43. The van der Waals surface area contributed by atoms with E-state index in [1.165, 1.54) is 5.56 Å². The SMILES string of the molecule is Cc1cc(C(=O)O)cc(NCCc2ccncc2)n1. The van der Waals surface area contributed by atoms with Gasteiger partial charge in [0.2, 0.25) is 0 Å². The summed E-state index contributed by atoms with van der Waals surface area (Å²) in [5, 5.41) is 12.1. The number of aryl methyl sites for hydroxylation is 1. The minimum absolute atomic E-state index is 0.249. The molecular weight excluding hydrogens is 242 g/mol. The molecular formula is C14H15N3O2. The lowest BCUT2D eigenvalue weighted by Crippen LogP contribution is -2.08. The van der Waals surface area contributed by atoms with Crippen LogP contribution in [0, 0.1) is 6.92 Å². The summed E-state index contributed by atoms with van der Waals surface area (Å²) >= 11 is 0. The number of nitrogens with zero attached hydrogens (tertiary/aromatic N) is 2. The minimum Gasteiger partial charge on any atom is -0.478 e. The first-order chi connectivity index (χ1) is 9.15. The summed E-state index contributed by atoms with van der Waals surface area (Å²) in [5.74, 6) is -0.353. The number of hydrogen-bond acceptors (Lipinski definition) is 4. The zero-order valence-corrected chi connectivity index (χ0v) is 10.6. The lowest BCUT2D eigenvalue weighted by molar-refractivity contribution is 0.0696. The Labute approximate surface area is 111 Å². The number of carbonyl (C=O) groups is 1. The predicted molar refractivity (Wildman–Crippen MR) is 72.4 cm³/mol. The van der Waals surface area contributed by atoms with Crippen molar-refractivity contribution in [3.8, 4) is 0 Å². The monoisotopic (exact) mass is 257 g/mol. The van der Waals surface area contributed by atoms with Gasteiger partial charge in [-0.3, -0.25) is 4.98 Å². The van der Waals surface area contributed by atoms with Crippen LogP contribution in [0.2, 0.25) is 0 Å². The van der Waals surface area contributed by atoms with Crippen molar-refractivity contribution in [1.29, 1.82) is 0 Å². The molecule has 0 bridgehead atoms. The third-order valence-electron chi connectivity index (χ3n) is 2.67. The summed E-state index contributed by atoms with van der Waals surface area (Å²) < 4.78 is 0. The van der Waals surface area contributed by atoms with Crippen LogP contribution in [0.15, 0.2) is 36.7 Å². The van der Waals surface area contributed by atoms with Crippen LogP contribution in [0.4, 0.5) is 5.82 Å². The second kappa shape index (κ2) is 5.95. The second-order valence-electron chi connectivity index (χ2n) is 4.22. The van der Waals surface area contributed by atoms with Crippen LogP contribution in [0.3, 0.4) is 0 Å². The Morgan fingerprint density at radius 2 is 2.05 bits per heavy atom. The van der Waals surface area contributed by atoms with Crippen LogP contribution in [0.1, 0.15) is 21.6 Å². The summed E-state index contributed by atoms with van der Waals surface area (Å²) in [7, 11) is 0. The third-order valence-corrected chi connectivity index (χ3v) is 2.67. The van der Waals surface area contributed by atoms with Crippen molar-refractivity contribution in [3.05, 3.63) is 53.5 Å². The molecule has 0 unspecified atom stereocenters. The maximum atomic E-state index is 10.9. The van der Waals surface area contributed by atoms with Gasteiger partial charge in [-0.2, -0.15) is 0 Å². The first kappa shape index (κ1) is 13.0. The van der Waals surface area contributed by atoms with Crippen molar-refractivity contribution in [3.63, 3.8) is 0 Å². The molecule has 0 radical (unpaired) electrons. The summed E-state index contributed by atoms with van der Waals surface area (Å²) in [4.78, 5) is 19.2. The van der Waals surface area contributed by atoms with E-state index < -0.39 is 5.97 Å². The smallest absolute Gasteiger partial charge is 0.335 e. The minimum atomic E-state index is -0.942. The van der Waals surface area contributed by atoms with Crippen molar-refractivity contribution in [2.75, 3.05) is 11.9 Å². The summed E-state index contributed by atoms with van der Waals surface area (Å²) in [6.45, 7) is 2.47. The number of aromatic carboxylic acids is 1. The quantitative estimate of drug-likeness (QED) is 0.858. The molecule has 0 atom stereocenters. The number of hydrogen-bond donors (Lipinski definition) is 2. The highest BCUT2D eigenvalue weighted by atomic mass is 16.4. The molecule has 0 spiro atoms. The van der Waals surface area contributed by atoms with Crippen molar-refractivity contribution < 1.29 is 9.90 Å². The van der Waals surface area contributed by atoms with Crippen LogP contribution < -0.4 is 5.32 Å². The first-order valence-corrected chi connectivity index (χ1v) is 6.00. The molecule has 0 amide bonds. The highest BCUT2D eigenvalue weighted by Gasteiger charge is 2.06. The molecule has 0 fully saturated rings. The molecule has 2 aromatic heterocycles. The Balaban J connectivity index is 1.98. The highest BCUT2D eigenvalue weighted by Crippen LogP contribution is 2.10. The van der Waals surface area contributed by atoms with Gasteiger partial charge in [-0.1, -0.05) is 0 Å². The largest absolute Gasteiger partial charge is 0.478 e. The Morgan fingerprint density at radius 3 is 2.74 bits per heavy atom. The molecule has 0 saturated heterocycles. The van der Waals surface area contributed by atoms with E-state index in [-0.39, 0.29) is 5.56 Å². The number of aromatic nitrogens is 2. The average molecular weight is 257 g/mol. The fourth-order valence-electron chi connectivity index (χ4n) is 1.77. The van der Waals surface area contributed by atoms with Gasteiger partial charge in [0.05, 0.1) is 5.56 Å². The lowest BCUT2D eigenvalue weighted by atomic mass is 10.2. The van der Waals surface area contributed by atoms with E-state index in [9.17, 15) is 4.79 Å². The van der Waals surface area contributed by atoms with E-state index in [0.29, 0.717) is 18.1 Å². The Morgan fingerprint density at radius 1 is 1.32 bits per heavy atom. The zero-order chi connectivity index (χ0) is 13.7. The van der Waals surface area contributed by atoms with Crippen LogP contribution in [0.5, 0.6) is 0 Å². The van der Waals surface area contributed by atoms with E-state index in [1.54, 1.807) is 31.5 Å². The Bertz CT molecular complexity index is 570. The van der Waals surface area contributed by atoms with E-state index in [4.69, 9.17) is 5.11 Å². The van der Waals surface area contributed by atoms with Crippen LogP contribution >= 0.6 is 0 Å². The van der Waals surface area contributed by atoms with Gasteiger partial charge >= 0.3 is 5.97 Å². The maximum absolute atomic E-state index is 10.9. The van der Waals surface area contributed by atoms with Gasteiger partial charge in [0.15, 0.2) is 0 Å². The molecule has 5 heteroatoms. The van der Waals surface area contributed by atoms with Crippen molar-refractivity contribution in [1.82, 2.24) is 9.97 Å². The van der Waals surface area contributed by atoms with Gasteiger partial charge in [-0.15, -0.1) is 0 Å². The van der Waals surface area contributed by atoms with Crippen LogP contribution in [-0.4, -0.2) is 27.6 Å². The van der Waals surface area contributed by atoms with Gasteiger partial charge in [-0.05, 0) is 43.2 Å². The summed E-state index contributed by atoms with van der Waals surface area (Å²) in [5.41, 5.74) is 2.11. The zero-order valence-electron chi connectivity index (χ0n) is 10.6. The van der Waals surface area contributed by atoms with Gasteiger partial charge in [0.25, 0.3) is 0 Å². The average Bonchev–Trinajstić information content (AvgIpc) is 2.39. The standard InChI is InChI=1S/C14H15N3O2/c1-10-8-12(14(18)19)9-13(17-10)16-7-4-11-2-5-15-6-3-11/h2-3,5-6,8-9H,4,7H2,1H3,(H,16,17)(H,18,19). The topological polar surface area (TPSA) is 75.1 Å². The number of anilines is 1. The third kappa shape index (κ3) is 3.77.